The van der Waals surface area contributed by atoms with Crippen molar-refractivity contribution in [1.82, 2.24) is 14.6 Å². The molecule has 0 unspecified atom stereocenters. The predicted molar refractivity (Wildman–Crippen MR) is 80.6 cm³/mol. The molecule has 0 spiro atoms. The van der Waals surface area contributed by atoms with Gasteiger partial charge >= 0.3 is 0 Å². The van der Waals surface area contributed by atoms with Crippen LogP contribution in [0.3, 0.4) is 0 Å². The van der Waals surface area contributed by atoms with Crippen molar-refractivity contribution in [3.05, 3.63) is 53.1 Å². The van der Waals surface area contributed by atoms with Crippen LogP contribution in [0.4, 0.5) is 0 Å². The molecule has 0 atom stereocenters. The average molecular weight is 306 g/mol. The standard InChI is InChI=1S/C14H12ClN3OS/c1-19-12-8-7-11(15)13-16-14(17-18(12)13)20-9-10-5-3-2-4-6-10/h2-8H,9H2,1H3. The highest BCUT2D eigenvalue weighted by molar-refractivity contribution is 7.98. The molecule has 6 heteroatoms. The first-order valence-electron chi connectivity index (χ1n) is 6.04. The number of methoxy groups -OCH3 is 1. The van der Waals surface area contributed by atoms with Gasteiger partial charge in [0.05, 0.1) is 12.1 Å². The van der Waals surface area contributed by atoms with Gasteiger partial charge in [-0.05, 0) is 11.6 Å². The van der Waals surface area contributed by atoms with Gasteiger partial charge in [0.2, 0.25) is 11.0 Å². The highest BCUT2D eigenvalue weighted by Crippen LogP contribution is 2.26. The topological polar surface area (TPSA) is 39.4 Å². The summed E-state index contributed by atoms with van der Waals surface area (Å²) in [6.45, 7) is 0. The van der Waals surface area contributed by atoms with E-state index in [4.69, 9.17) is 16.3 Å². The van der Waals surface area contributed by atoms with E-state index in [1.807, 2.05) is 18.2 Å². The van der Waals surface area contributed by atoms with Crippen LogP contribution in [0.5, 0.6) is 5.88 Å². The summed E-state index contributed by atoms with van der Waals surface area (Å²) in [4.78, 5) is 4.44. The lowest BCUT2D eigenvalue weighted by molar-refractivity contribution is 0.385. The summed E-state index contributed by atoms with van der Waals surface area (Å²) in [5.41, 5.74) is 1.84. The highest BCUT2D eigenvalue weighted by Gasteiger charge is 2.11. The van der Waals surface area contributed by atoms with E-state index >= 15 is 0 Å². The van der Waals surface area contributed by atoms with E-state index in [0.717, 1.165) is 5.75 Å². The number of aromatic nitrogens is 3. The number of hydrogen-bond donors (Lipinski definition) is 0. The number of hydrogen-bond acceptors (Lipinski definition) is 4. The second-order valence-corrected chi connectivity index (χ2v) is 5.48. The van der Waals surface area contributed by atoms with Gasteiger partial charge < -0.3 is 4.74 Å². The molecule has 20 heavy (non-hydrogen) atoms. The minimum Gasteiger partial charge on any atom is -0.481 e. The van der Waals surface area contributed by atoms with Crippen LogP contribution in [0.25, 0.3) is 5.65 Å². The molecule has 0 saturated heterocycles. The van der Waals surface area contributed by atoms with Gasteiger partial charge in [-0.25, -0.2) is 0 Å². The van der Waals surface area contributed by atoms with Crippen LogP contribution in [0.1, 0.15) is 5.56 Å². The fraction of sp³-hybridized carbons (Fsp3) is 0.143. The minimum absolute atomic E-state index is 0.560. The molecule has 0 N–H and O–H groups in total. The summed E-state index contributed by atoms with van der Waals surface area (Å²) in [5, 5.41) is 5.66. The van der Waals surface area contributed by atoms with Crippen molar-refractivity contribution in [2.45, 2.75) is 10.9 Å². The Morgan fingerprint density at radius 1 is 1.20 bits per heavy atom. The van der Waals surface area contributed by atoms with Gasteiger partial charge in [-0.15, -0.1) is 5.10 Å². The minimum atomic E-state index is 0.560. The van der Waals surface area contributed by atoms with Crippen LogP contribution < -0.4 is 4.74 Å². The number of ether oxygens (including phenoxy) is 1. The molecule has 2 heterocycles. The van der Waals surface area contributed by atoms with E-state index in [9.17, 15) is 0 Å². The molecule has 0 aliphatic carbocycles. The number of nitrogens with zero attached hydrogens (tertiary/aromatic N) is 3. The van der Waals surface area contributed by atoms with Gasteiger partial charge in [-0.2, -0.15) is 9.50 Å². The van der Waals surface area contributed by atoms with E-state index in [2.05, 4.69) is 22.2 Å². The number of fused-ring (bicyclic) bond motifs is 1. The van der Waals surface area contributed by atoms with Gasteiger partial charge in [-0.1, -0.05) is 53.7 Å². The van der Waals surface area contributed by atoms with E-state index in [1.165, 1.54) is 5.56 Å². The van der Waals surface area contributed by atoms with Crippen molar-refractivity contribution < 1.29 is 4.74 Å². The maximum Gasteiger partial charge on any atom is 0.216 e. The van der Waals surface area contributed by atoms with Crippen molar-refractivity contribution in [1.29, 1.82) is 0 Å². The van der Waals surface area contributed by atoms with Gasteiger partial charge in [0.25, 0.3) is 0 Å². The molecule has 1 aromatic carbocycles. The van der Waals surface area contributed by atoms with Crippen molar-refractivity contribution >= 4 is 29.0 Å². The molecule has 0 saturated carbocycles. The largest absolute Gasteiger partial charge is 0.481 e. The Kier molecular flexibility index (Phi) is 3.80. The van der Waals surface area contributed by atoms with Crippen molar-refractivity contribution in [3.8, 4) is 5.88 Å². The second-order valence-electron chi connectivity index (χ2n) is 4.13. The number of thioether (sulfide) groups is 1. The average Bonchev–Trinajstić information content (AvgIpc) is 2.92. The van der Waals surface area contributed by atoms with Gasteiger partial charge in [0, 0.05) is 11.8 Å². The maximum atomic E-state index is 6.13. The van der Waals surface area contributed by atoms with Gasteiger partial charge in [0.15, 0.2) is 5.65 Å². The number of rotatable bonds is 4. The first kappa shape index (κ1) is 13.3. The lowest BCUT2D eigenvalue weighted by atomic mass is 10.2. The van der Waals surface area contributed by atoms with Crippen LogP contribution >= 0.6 is 23.4 Å². The quantitative estimate of drug-likeness (QED) is 0.689. The molecular weight excluding hydrogens is 294 g/mol. The SMILES string of the molecule is COc1ccc(Cl)c2nc(SCc3ccccc3)nn12. The summed E-state index contributed by atoms with van der Waals surface area (Å²) in [7, 11) is 1.60. The summed E-state index contributed by atoms with van der Waals surface area (Å²) in [6.07, 6.45) is 0. The van der Waals surface area contributed by atoms with E-state index in [0.29, 0.717) is 21.7 Å². The van der Waals surface area contributed by atoms with Crippen LogP contribution in [-0.4, -0.2) is 21.7 Å². The normalized spacial score (nSPS) is 10.9. The van der Waals surface area contributed by atoms with Crippen LogP contribution in [-0.2, 0) is 5.75 Å². The van der Waals surface area contributed by atoms with E-state index < -0.39 is 0 Å². The third-order valence-corrected chi connectivity index (χ3v) is 4.01. The number of benzene rings is 1. The van der Waals surface area contributed by atoms with Crippen LogP contribution in [0.2, 0.25) is 5.02 Å². The fourth-order valence-electron chi connectivity index (χ4n) is 1.83. The molecule has 4 nitrogen and oxygen atoms in total. The molecule has 0 amide bonds. The Labute approximate surface area is 125 Å². The third-order valence-electron chi connectivity index (χ3n) is 2.80. The summed E-state index contributed by atoms with van der Waals surface area (Å²) in [6, 6.07) is 13.7. The Bertz CT molecular complexity index is 730. The number of pyridine rings is 1. The fourth-order valence-corrected chi connectivity index (χ4v) is 2.79. The molecule has 3 rings (SSSR count). The zero-order valence-electron chi connectivity index (χ0n) is 10.8. The summed E-state index contributed by atoms with van der Waals surface area (Å²) >= 11 is 7.70. The molecular formula is C14H12ClN3OS. The van der Waals surface area contributed by atoms with Gasteiger partial charge in [-0.3, -0.25) is 0 Å². The van der Waals surface area contributed by atoms with Crippen molar-refractivity contribution in [3.63, 3.8) is 0 Å². The van der Waals surface area contributed by atoms with E-state index in [1.54, 1.807) is 35.5 Å². The molecule has 102 valence electrons. The zero-order valence-corrected chi connectivity index (χ0v) is 12.4. The lowest BCUT2D eigenvalue weighted by Gasteiger charge is -2.01. The smallest absolute Gasteiger partial charge is 0.216 e. The molecule has 0 fully saturated rings. The Morgan fingerprint density at radius 3 is 2.75 bits per heavy atom. The third kappa shape index (κ3) is 2.59. The monoisotopic (exact) mass is 305 g/mol. The Morgan fingerprint density at radius 2 is 2.00 bits per heavy atom. The first-order valence-corrected chi connectivity index (χ1v) is 7.40. The molecule has 0 bridgehead atoms. The van der Waals surface area contributed by atoms with Crippen molar-refractivity contribution in [2.75, 3.05) is 7.11 Å². The Balaban J connectivity index is 1.88. The van der Waals surface area contributed by atoms with Crippen LogP contribution in [0.15, 0.2) is 47.6 Å². The molecule has 2 aromatic heterocycles. The molecule has 0 radical (unpaired) electrons. The second kappa shape index (κ2) is 5.73. The Hall–Kier alpha value is -1.72. The zero-order chi connectivity index (χ0) is 13.9. The first-order chi connectivity index (χ1) is 9.78. The molecule has 0 aliphatic rings. The molecule has 0 aliphatic heterocycles. The number of halogens is 1. The van der Waals surface area contributed by atoms with Crippen molar-refractivity contribution in [2.24, 2.45) is 0 Å². The van der Waals surface area contributed by atoms with Crippen LogP contribution in [0, 0.1) is 0 Å². The summed E-state index contributed by atoms with van der Waals surface area (Å²) in [5.74, 6) is 1.43. The highest BCUT2D eigenvalue weighted by atomic mass is 35.5. The van der Waals surface area contributed by atoms with Gasteiger partial charge in [0.1, 0.15) is 0 Å². The maximum absolute atomic E-state index is 6.13. The predicted octanol–water partition coefficient (Wildman–Crippen LogP) is 3.68. The molecule has 3 aromatic rings. The summed E-state index contributed by atoms with van der Waals surface area (Å²) < 4.78 is 6.87. The van der Waals surface area contributed by atoms with E-state index in [-0.39, 0.29) is 0 Å². The lowest BCUT2D eigenvalue weighted by Crippen LogP contribution is -1.95.